The number of hydrogen-bond donors (Lipinski definition) is 0. The van der Waals surface area contributed by atoms with Gasteiger partial charge < -0.3 is 9.47 Å². The first-order chi connectivity index (χ1) is 6.79. The van der Waals surface area contributed by atoms with Gasteiger partial charge in [-0.2, -0.15) is 0 Å². The van der Waals surface area contributed by atoms with E-state index in [0.717, 1.165) is 0 Å². The zero-order valence-corrected chi connectivity index (χ0v) is 8.16. The Labute approximate surface area is 83.6 Å². The topological polar surface area (TPSA) is 35.5 Å². The second kappa shape index (κ2) is 5.27. The van der Waals surface area contributed by atoms with Crippen LogP contribution >= 0.6 is 0 Å². The van der Waals surface area contributed by atoms with E-state index in [-0.39, 0.29) is 5.97 Å². The molecule has 1 rings (SSSR count). The van der Waals surface area contributed by atoms with Crippen LogP contribution in [0.5, 0.6) is 5.75 Å². The van der Waals surface area contributed by atoms with Gasteiger partial charge in [0.2, 0.25) is 0 Å². The van der Waals surface area contributed by atoms with Gasteiger partial charge in [-0.25, -0.2) is 4.79 Å². The molecule has 0 fully saturated rings. The highest BCUT2D eigenvalue weighted by molar-refractivity contribution is 5.92. The summed E-state index contributed by atoms with van der Waals surface area (Å²) in [5.74, 6) is 0.160. The van der Waals surface area contributed by atoms with E-state index in [0.29, 0.717) is 24.3 Å². The Kier molecular flexibility index (Phi) is 3.98. The third kappa shape index (κ3) is 2.49. The maximum Gasteiger partial charge on any atom is 0.341 e. The number of ether oxygens (including phenoxy) is 2. The molecule has 3 nitrogen and oxygen atoms in total. The van der Waals surface area contributed by atoms with Crippen molar-refractivity contribution in [1.82, 2.24) is 0 Å². The molecule has 0 unspecified atom stereocenters. The minimum Gasteiger partial charge on any atom is -0.496 e. The maximum absolute atomic E-state index is 11.5. The summed E-state index contributed by atoms with van der Waals surface area (Å²) in [5.41, 5.74) is 0.448. The predicted octanol–water partition coefficient (Wildman–Crippen LogP) is 2.08. The Balaban J connectivity index is 2.78. The van der Waals surface area contributed by atoms with Crippen molar-refractivity contribution in [2.75, 3.05) is 13.7 Å². The Morgan fingerprint density at radius 2 is 2.14 bits per heavy atom. The molecule has 0 aliphatic rings. The van der Waals surface area contributed by atoms with Crippen molar-refractivity contribution in [3.63, 3.8) is 0 Å². The monoisotopic (exact) mass is 193 g/mol. The van der Waals surface area contributed by atoms with Crippen molar-refractivity contribution in [3.05, 3.63) is 36.8 Å². The number of para-hydroxylation sites is 1. The van der Waals surface area contributed by atoms with Crippen LogP contribution in [0.3, 0.4) is 0 Å². The van der Waals surface area contributed by atoms with Crippen molar-refractivity contribution in [2.45, 2.75) is 6.42 Å². The molecule has 0 aliphatic heterocycles. The fourth-order valence-electron chi connectivity index (χ4n) is 1.06. The van der Waals surface area contributed by atoms with E-state index in [1.807, 2.05) is 0 Å². The largest absolute Gasteiger partial charge is 0.496 e. The second-order valence-electron chi connectivity index (χ2n) is 2.69. The van der Waals surface area contributed by atoms with Crippen LogP contribution in [0.1, 0.15) is 16.8 Å². The van der Waals surface area contributed by atoms with E-state index in [4.69, 9.17) is 9.47 Å². The Bertz CT molecular complexity index is 307. The van der Waals surface area contributed by atoms with E-state index in [1.165, 1.54) is 7.11 Å². The van der Waals surface area contributed by atoms with Crippen LogP contribution in [0.15, 0.2) is 24.3 Å². The summed E-state index contributed by atoms with van der Waals surface area (Å²) in [6.07, 6.45) is 0.570. The third-order valence-electron chi connectivity index (χ3n) is 1.70. The average molecular weight is 193 g/mol. The molecule has 75 valence electrons. The van der Waals surface area contributed by atoms with Crippen LogP contribution in [0.2, 0.25) is 0 Å². The summed E-state index contributed by atoms with van der Waals surface area (Å²) in [5, 5.41) is 0. The highest BCUT2D eigenvalue weighted by Crippen LogP contribution is 2.17. The van der Waals surface area contributed by atoms with Crippen LogP contribution in [-0.2, 0) is 4.74 Å². The fourth-order valence-corrected chi connectivity index (χ4v) is 1.06. The van der Waals surface area contributed by atoms with E-state index in [2.05, 4.69) is 6.92 Å². The lowest BCUT2D eigenvalue weighted by molar-refractivity contribution is 0.0507. The van der Waals surface area contributed by atoms with E-state index >= 15 is 0 Å². The van der Waals surface area contributed by atoms with Gasteiger partial charge in [-0.1, -0.05) is 12.1 Å². The molecule has 0 saturated carbocycles. The van der Waals surface area contributed by atoms with E-state index < -0.39 is 0 Å². The standard InChI is InChI=1S/C11H13O3/c1-3-8-14-11(12)9-6-4-5-7-10(9)13-2/h4-7H,1,3,8H2,2H3. The Morgan fingerprint density at radius 3 is 2.79 bits per heavy atom. The highest BCUT2D eigenvalue weighted by atomic mass is 16.5. The molecule has 0 aliphatic carbocycles. The molecule has 14 heavy (non-hydrogen) atoms. The van der Waals surface area contributed by atoms with Gasteiger partial charge in [-0.15, -0.1) is 0 Å². The predicted molar refractivity (Wildman–Crippen MR) is 53.3 cm³/mol. The van der Waals surface area contributed by atoms with Crippen LogP contribution in [-0.4, -0.2) is 19.7 Å². The van der Waals surface area contributed by atoms with Gasteiger partial charge in [0.1, 0.15) is 11.3 Å². The molecule has 0 atom stereocenters. The lowest BCUT2D eigenvalue weighted by Gasteiger charge is -2.07. The summed E-state index contributed by atoms with van der Waals surface area (Å²) in [7, 11) is 1.52. The van der Waals surface area contributed by atoms with Gasteiger partial charge in [0.15, 0.2) is 0 Å². The molecule has 1 aromatic rings. The average Bonchev–Trinajstić information content (AvgIpc) is 2.25. The summed E-state index contributed by atoms with van der Waals surface area (Å²) >= 11 is 0. The van der Waals surface area contributed by atoms with Crippen LogP contribution in [0.4, 0.5) is 0 Å². The van der Waals surface area contributed by atoms with E-state index in [1.54, 1.807) is 24.3 Å². The molecule has 1 aromatic carbocycles. The molecule has 1 radical (unpaired) electrons. The van der Waals surface area contributed by atoms with Gasteiger partial charge >= 0.3 is 5.97 Å². The zero-order chi connectivity index (χ0) is 10.4. The molecule has 0 amide bonds. The molecule has 0 saturated heterocycles. The first-order valence-corrected chi connectivity index (χ1v) is 4.39. The van der Waals surface area contributed by atoms with Crippen molar-refractivity contribution in [2.24, 2.45) is 0 Å². The first kappa shape index (κ1) is 10.6. The van der Waals surface area contributed by atoms with Crippen LogP contribution in [0.25, 0.3) is 0 Å². The van der Waals surface area contributed by atoms with Crippen molar-refractivity contribution in [3.8, 4) is 5.75 Å². The van der Waals surface area contributed by atoms with Crippen LogP contribution < -0.4 is 4.74 Å². The quantitative estimate of drug-likeness (QED) is 0.687. The minimum atomic E-state index is -0.369. The summed E-state index contributed by atoms with van der Waals surface area (Å²) < 4.78 is 9.97. The molecular weight excluding hydrogens is 180 g/mol. The molecule has 3 heteroatoms. The number of rotatable bonds is 4. The van der Waals surface area contributed by atoms with E-state index in [9.17, 15) is 4.79 Å². The highest BCUT2D eigenvalue weighted by Gasteiger charge is 2.11. The number of esters is 1. The number of methoxy groups -OCH3 is 1. The van der Waals surface area contributed by atoms with Crippen molar-refractivity contribution < 1.29 is 14.3 Å². The first-order valence-electron chi connectivity index (χ1n) is 4.39. The maximum atomic E-state index is 11.5. The minimum absolute atomic E-state index is 0.330. The second-order valence-corrected chi connectivity index (χ2v) is 2.69. The summed E-state index contributed by atoms with van der Waals surface area (Å²) in [4.78, 5) is 11.5. The SMILES string of the molecule is [CH2]CCOC(=O)c1ccccc1OC. The van der Waals surface area contributed by atoms with Crippen molar-refractivity contribution >= 4 is 5.97 Å². The fraction of sp³-hybridized carbons (Fsp3) is 0.273. The van der Waals surface area contributed by atoms with Gasteiger partial charge in [0.05, 0.1) is 13.7 Å². The number of benzene rings is 1. The molecule has 0 spiro atoms. The molecular formula is C11H13O3. The van der Waals surface area contributed by atoms with Gasteiger partial charge in [0.25, 0.3) is 0 Å². The molecule has 0 heterocycles. The number of carbonyl (C=O) groups is 1. The molecule has 0 N–H and O–H groups in total. The number of hydrogen-bond acceptors (Lipinski definition) is 3. The normalized spacial score (nSPS) is 9.57. The van der Waals surface area contributed by atoms with Gasteiger partial charge in [-0.05, 0) is 25.5 Å². The Morgan fingerprint density at radius 1 is 1.43 bits per heavy atom. The number of carbonyl (C=O) groups excluding carboxylic acids is 1. The lowest BCUT2D eigenvalue weighted by atomic mass is 10.2. The van der Waals surface area contributed by atoms with Crippen LogP contribution in [0, 0.1) is 6.92 Å². The Hall–Kier alpha value is -1.51. The lowest BCUT2D eigenvalue weighted by Crippen LogP contribution is -2.07. The summed E-state index contributed by atoms with van der Waals surface area (Å²) in [6, 6.07) is 6.96. The van der Waals surface area contributed by atoms with Crippen molar-refractivity contribution in [1.29, 1.82) is 0 Å². The summed E-state index contributed by atoms with van der Waals surface area (Å²) in [6.45, 7) is 3.92. The van der Waals surface area contributed by atoms with Gasteiger partial charge in [-0.3, -0.25) is 0 Å². The third-order valence-corrected chi connectivity index (χ3v) is 1.70. The van der Waals surface area contributed by atoms with Gasteiger partial charge in [0, 0.05) is 0 Å². The smallest absolute Gasteiger partial charge is 0.341 e. The zero-order valence-electron chi connectivity index (χ0n) is 8.16. The molecule has 0 bridgehead atoms. The molecule has 0 aromatic heterocycles.